The summed E-state index contributed by atoms with van der Waals surface area (Å²) in [5, 5.41) is 11.1. The van der Waals surface area contributed by atoms with E-state index in [4.69, 9.17) is 9.15 Å². The molecule has 0 aliphatic carbocycles. The van der Waals surface area contributed by atoms with Gasteiger partial charge in [-0.05, 0) is 48.9 Å². The first kappa shape index (κ1) is 22.2. The summed E-state index contributed by atoms with van der Waals surface area (Å²) >= 11 is 0. The quantitative estimate of drug-likeness (QED) is 0.396. The Bertz CT molecular complexity index is 1230. The van der Waals surface area contributed by atoms with Crippen molar-refractivity contribution < 1.29 is 18.7 Å². The maximum Gasteiger partial charge on any atom is 0.251 e. The lowest BCUT2D eigenvalue weighted by Gasteiger charge is -2.30. The van der Waals surface area contributed by atoms with Crippen LogP contribution in [0.3, 0.4) is 0 Å². The van der Waals surface area contributed by atoms with E-state index < -0.39 is 6.04 Å². The highest BCUT2D eigenvalue weighted by Gasteiger charge is 2.35. The molecule has 1 atom stereocenters. The highest BCUT2D eigenvalue weighted by molar-refractivity contribution is 6.01. The Balaban J connectivity index is 1.74. The van der Waals surface area contributed by atoms with E-state index in [9.17, 15) is 9.59 Å². The van der Waals surface area contributed by atoms with Gasteiger partial charge in [0, 0.05) is 19.3 Å². The fourth-order valence-corrected chi connectivity index (χ4v) is 3.65. The fraction of sp³-hybridized carbons (Fsp3) is 0.250. The van der Waals surface area contributed by atoms with Crippen molar-refractivity contribution in [2.24, 2.45) is 0 Å². The van der Waals surface area contributed by atoms with E-state index >= 15 is 0 Å². The van der Waals surface area contributed by atoms with Crippen LogP contribution in [0.15, 0.2) is 71.3 Å². The van der Waals surface area contributed by atoms with Crippen LogP contribution in [0.5, 0.6) is 0 Å². The molecule has 0 spiro atoms. The Morgan fingerprint density at radius 3 is 2.76 bits per heavy atom. The maximum atomic E-state index is 13.7. The number of hydrogen-bond donors (Lipinski definition) is 1. The number of amides is 2. The lowest BCUT2D eigenvalue weighted by Crippen LogP contribution is -2.45. The molecule has 0 fully saturated rings. The molecular weight excluding hydrogens is 422 g/mol. The number of para-hydroxylation sites is 1. The molecule has 2 amide bonds. The van der Waals surface area contributed by atoms with Gasteiger partial charge >= 0.3 is 0 Å². The van der Waals surface area contributed by atoms with E-state index in [2.05, 4.69) is 15.6 Å². The smallest absolute Gasteiger partial charge is 0.251 e. The number of aryl methyl sites for hydroxylation is 1. The standard InChI is InChI=1S/C24H25N5O4/c1-17-7-5-8-18(15-17)29(22(30)16-28-20-10-4-3-9-19(20)26-27-28)23(21-11-6-13-33-21)24(31)25-12-14-32-2/h3-11,13,15,23H,12,14,16H2,1-2H3,(H,25,31)/t23-/m1/s1. The van der Waals surface area contributed by atoms with Gasteiger partial charge in [0.15, 0.2) is 6.04 Å². The number of rotatable bonds is 9. The predicted octanol–water partition coefficient (Wildman–Crippen LogP) is 2.87. The molecule has 2 aromatic heterocycles. The molecule has 2 aromatic carbocycles. The van der Waals surface area contributed by atoms with Gasteiger partial charge in [0.25, 0.3) is 5.91 Å². The summed E-state index contributed by atoms with van der Waals surface area (Å²) in [7, 11) is 1.56. The summed E-state index contributed by atoms with van der Waals surface area (Å²) in [6.07, 6.45) is 1.48. The van der Waals surface area contributed by atoms with Gasteiger partial charge in [-0.15, -0.1) is 5.10 Å². The van der Waals surface area contributed by atoms with Crippen LogP contribution in [-0.4, -0.2) is 47.1 Å². The van der Waals surface area contributed by atoms with Crippen LogP contribution < -0.4 is 10.2 Å². The zero-order valence-electron chi connectivity index (χ0n) is 18.5. The molecule has 0 saturated heterocycles. The lowest BCUT2D eigenvalue weighted by atomic mass is 10.1. The van der Waals surface area contributed by atoms with Crippen LogP contribution in [0, 0.1) is 6.92 Å². The first-order chi connectivity index (χ1) is 16.1. The number of benzene rings is 2. The highest BCUT2D eigenvalue weighted by Crippen LogP contribution is 2.29. The number of ether oxygens (including phenoxy) is 1. The number of methoxy groups -OCH3 is 1. The van der Waals surface area contributed by atoms with Crippen molar-refractivity contribution in [1.82, 2.24) is 20.3 Å². The number of carbonyl (C=O) groups is 2. The Morgan fingerprint density at radius 1 is 1.15 bits per heavy atom. The maximum absolute atomic E-state index is 13.7. The molecule has 0 aliphatic rings. The molecule has 2 heterocycles. The van der Waals surface area contributed by atoms with E-state index in [-0.39, 0.29) is 18.4 Å². The van der Waals surface area contributed by atoms with Crippen LogP contribution >= 0.6 is 0 Å². The first-order valence-electron chi connectivity index (χ1n) is 10.6. The second-order valence-corrected chi connectivity index (χ2v) is 7.54. The summed E-state index contributed by atoms with van der Waals surface area (Å²) in [6, 6.07) is 17.2. The van der Waals surface area contributed by atoms with Crippen molar-refractivity contribution in [3.8, 4) is 0 Å². The molecule has 9 heteroatoms. The van der Waals surface area contributed by atoms with Crippen molar-refractivity contribution in [3.05, 3.63) is 78.3 Å². The molecule has 4 aromatic rings. The summed E-state index contributed by atoms with van der Waals surface area (Å²) in [5.74, 6) is -0.358. The number of anilines is 1. The molecule has 0 radical (unpaired) electrons. The lowest BCUT2D eigenvalue weighted by molar-refractivity contribution is -0.127. The second kappa shape index (κ2) is 10.1. The minimum atomic E-state index is -1.01. The summed E-state index contributed by atoms with van der Waals surface area (Å²) in [5.41, 5.74) is 2.95. The van der Waals surface area contributed by atoms with Crippen molar-refractivity contribution in [1.29, 1.82) is 0 Å². The van der Waals surface area contributed by atoms with Crippen LogP contribution in [-0.2, 0) is 20.9 Å². The zero-order valence-corrected chi connectivity index (χ0v) is 18.5. The predicted molar refractivity (Wildman–Crippen MR) is 123 cm³/mol. The van der Waals surface area contributed by atoms with Gasteiger partial charge in [0.2, 0.25) is 5.91 Å². The Kier molecular flexibility index (Phi) is 6.80. The van der Waals surface area contributed by atoms with Crippen LogP contribution in [0.25, 0.3) is 11.0 Å². The van der Waals surface area contributed by atoms with E-state index in [1.54, 1.807) is 25.3 Å². The SMILES string of the molecule is COCCNC(=O)[C@@H](c1ccco1)N(C(=O)Cn1nnc2ccccc21)c1cccc(C)c1. The highest BCUT2D eigenvalue weighted by atomic mass is 16.5. The Morgan fingerprint density at radius 2 is 2.00 bits per heavy atom. The normalized spacial score (nSPS) is 11.9. The van der Waals surface area contributed by atoms with Crippen molar-refractivity contribution in [2.75, 3.05) is 25.2 Å². The molecule has 0 bridgehead atoms. The van der Waals surface area contributed by atoms with E-state index in [1.165, 1.54) is 15.8 Å². The van der Waals surface area contributed by atoms with Gasteiger partial charge in [-0.2, -0.15) is 0 Å². The van der Waals surface area contributed by atoms with Gasteiger partial charge < -0.3 is 14.5 Å². The number of nitrogens with one attached hydrogen (secondary N) is 1. The zero-order chi connectivity index (χ0) is 23.2. The average Bonchev–Trinajstić information content (AvgIpc) is 3.48. The second-order valence-electron chi connectivity index (χ2n) is 7.54. The minimum absolute atomic E-state index is 0.100. The van der Waals surface area contributed by atoms with Gasteiger partial charge in [-0.1, -0.05) is 29.5 Å². The number of aromatic nitrogens is 3. The number of furan rings is 1. The largest absolute Gasteiger partial charge is 0.467 e. The molecule has 4 rings (SSSR count). The molecule has 9 nitrogen and oxygen atoms in total. The van der Waals surface area contributed by atoms with E-state index in [0.29, 0.717) is 30.1 Å². The molecule has 0 aliphatic heterocycles. The molecule has 33 heavy (non-hydrogen) atoms. The number of nitrogens with zero attached hydrogens (tertiary/aromatic N) is 4. The Hall–Kier alpha value is -3.98. The number of fused-ring (bicyclic) bond motifs is 1. The van der Waals surface area contributed by atoms with Crippen LogP contribution in [0.2, 0.25) is 0 Å². The third-order valence-electron chi connectivity index (χ3n) is 5.18. The van der Waals surface area contributed by atoms with Gasteiger partial charge in [-0.3, -0.25) is 14.5 Å². The summed E-state index contributed by atoms with van der Waals surface area (Å²) < 4.78 is 12.2. The Labute approximate surface area is 190 Å². The van der Waals surface area contributed by atoms with Crippen molar-refractivity contribution in [3.63, 3.8) is 0 Å². The average molecular weight is 447 g/mol. The van der Waals surface area contributed by atoms with Crippen molar-refractivity contribution in [2.45, 2.75) is 19.5 Å². The first-order valence-corrected chi connectivity index (χ1v) is 10.6. The monoisotopic (exact) mass is 447 g/mol. The summed E-state index contributed by atoms with van der Waals surface area (Å²) in [4.78, 5) is 28.5. The molecular formula is C24H25N5O4. The van der Waals surface area contributed by atoms with Gasteiger partial charge in [0.1, 0.15) is 17.8 Å². The van der Waals surface area contributed by atoms with E-state index in [1.807, 2.05) is 49.4 Å². The van der Waals surface area contributed by atoms with Crippen LogP contribution in [0.4, 0.5) is 5.69 Å². The number of carbonyl (C=O) groups excluding carboxylic acids is 2. The topological polar surface area (TPSA) is 102 Å². The third kappa shape index (κ3) is 4.93. The van der Waals surface area contributed by atoms with Crippen LogP contribution in [0.1, 0.15) is 17.4 Å². The summed E-state index contributed by atoms with van der Waals surface area (Å²) in [6.45, 7) is 2.48. The van der Waals surface area contributed by atoms with Crippen molar-refractivity contribution >= 4 is 28.5 Å². The molecule has 0 unspecified atom stereocenters. The van der Waals surface area contributed by atoms with Gasteiger partial charge in [-0.25, -0.2) is 4.68 Å². The number of hydrogen-bond acceptors (Lipinski definition) is 6. The molecule has 170 valence electrons. The van der Waals surface area contributed by atoms with Gasteiger partial charge in [0.05, 0.1) is 18.4 Å². The third-order valence-corrected chi connectivity index (χ3v) is 5.18. The minimum Gasteiger partial charge on any atom is -0.467 e. The molecule has 1 N–H and O–H groups in total. The molecule has 0 saturated carbocycles. The van der Waals surface area contributed by atoms with E-state index in [0.717, 1.165) is 11.1 Å². The fourth-order valence-electron chi connectivity index (χ4n) is 3.65.